The highest BCUT2D eigenvalue weighted by Crippen LogP contribution is 2.27. The van der Waals surface area contributed by atoms with Crippen LogP contribution in [0, 0.1) is 16.0 Å². The lowest BCUT2D eigenvalue weighted by Gasteiger charge is -2.31. The molecule has 6 heteroatoms. The van der Waals surface area contributed by atoms with Gasteiger partial charge in [-0.2, -0.15) is 0 Å². The zero-order valence-electron chi connectivity index (χ0n) is 11.9. The van der Waals surface area contributed by atoms with E-state index in [1.54, 1.807) is 12.1 Å². The van der Waals surface area contributed by atoms with E-state index in [0.717, 1.165) is 32.6 Å². The normalized spacial score (nSPS) is 18.8. The minimum Gasteiger partial charge on any atom is -0.364 e. The molecule has 0 amide bonds. The summed E-state index contributed by atoms with van der Waals surface area (Å²) in [6, 6.07) is 3.57. The molecule has 0 bridgehead atoms. The molecule has 1 aromatic rings. The molecule has 0 aliphatic carbocycles. The van der Waals surface area contributed by atoms with Gasteiger partial charge < -0.3 is 20.3 Å². The smallest absolute Gasteiger partial charge is 0.364 e. The van der Waals surface area contributed by atoms with Crippen LogP contribution in [0.3, 0.4) is 0 Å². The van der Waals surface area contributed by atoms with Gasteiger partial charge in [0.2, 0.25) is 0 Å². The Bertz CT molecular complexity index is 447. The molecule has 0 saturated carbocycles. The Morgan fingerprint density at radius 2 is 2.45 bits per heavy atom. The van der Waals surface area contributed by atoms with E-state index in [0.29, 0.717) is 11.6 Å². The summed E-state index contributed by atoms with van der Waals surface area (Å²) in [5.74, 6) is 0.514. The largest absolute Gasteiger partial charge is 0.387 e. The first-order valence-electron chi connectivity index (χ1n) is 7.27. The number of rotatable bonds is 6. The van der Waals surface area contributed by atoms with Gasteiger partial charge in [-0.25, -0.2) is 0 Å². The van der Waals surface area contributed by atoms with E-state index in [9.17, 15) is 10.1 Å². The fraction of sp³-hybridized carbons (Fsp3) is 0.643. The van der Waals surface area contributed by atoms with Crippen LogP contribution in [-0.4, -0.2) is 36.1 Å². The van der Waals surface area contributed by atoms with Gasteiger partial charge in [-0.15, -0.1) is 0 Å². The van der Waals surface area contributed by atoms with Gasteiger partial charge >= 0.3 is 5.82 Å². The van der Waals surface area contributed by atoms with Crippen LogP contribution in [-0.2, 0) is 0 Å². The summed E-state index contributed by atoms with van der Waals surface area (Å²) in [4.78, 5) is 16.8. The third kappa shape index (κ3) is 3.66. The number of nitrogens with one attached hydrogen (secondary N) is 1. The molecule has 2 heterocycles. The van der Waals surface area contributed by atoms with Gasteiger partial charge in [0.25, 0.3) is 0 Å². The quantitative estimate of drug-likeness (QED) is 0.638. The van der Waals surface area contributed by atoms with Crippen LogP contribution in [0.1, 0.15) is 26.2 Å². The molecule has 6 nitrogen and oxygen atoms in total. The summed E-state index contributed by atoms with van der Waals surface area (Å²) < 4.78 is 0. The van der Waals surface area contributed by atoms with Gasteiger partial charge in [0.15, 0.2) is 0 Å². The molecule has 1 atom stereocenters. The Balaban J connectivity index is 2.16. The predicted octanol–water partition coefficient (Wildman–Crippen LogP) is 2.21. The molecular weight excluding hydrogens is 256 g/mol. The van der Waals surface area contributed by atoms with Crippen molar-refractivity contribution >= 4 is 11.5 Å². The van der Waals surface area contributed by atoms with Crippen LogP contribution in [0.5, 0.6) is 0 Å². The average Bonchev–Trinajstić information content (AvgIpc) is 2.48. The van der Waals surface area contributed by atoms with Gasteiger partial charge in [0.1, 0.15) is 11.9 Å². The van der Waals surface area contributed by atoms with E-state index >= 15 is 0 Å². The molecule has 20 heavy (non-hydrogen) atoms. The molecule has 1 aliphatic rings. The minimum atomic E-state index is -0.392. The zero-order valence-corrected chi connectivity index (χ0v) is 11.9. The number of nitrogens with zero attached hydrogens (tertiary/aromatic N) is 3. The van der Waals surface area contributed by atoms with Gasteiger partial charge in [0, 0.05) is 13.1 Å². The number of aromatic nitrogens is 1. The van der Waals surface area contributed by atoms with Crippen molar-refractivity contribution in [2.24, 2.45) is 5.92 Å². The predicted molar refractivity (Wildman–Crippen MR) is 79.0 cm³/mol. The van der Waals surface area contributed by atoms with Gasteiger partial charge in [-0.3, -0.25) is 0 Å². The monoisotopic (exact) mass is 278 g/mol. The molecule has 110 valence electrons. The molecule has 0 radical (unpaired) electrons. The number of piperidine rings is 1. The van der Waals surface area contributed by atoms with Crippen molar-refractivity contribution in [1.82, 2.24) is 10.3 Å². The fourth-order valence-electron chi connectivity index (χ4n) is 2.75. The fourth-order valence-corrected chi connectivity index (χ4v) is 2.75. The first-order chi connectivity index (χ1) is 9.72. The molecule has 1 aliphatic heterocycles. The van der Waals surface area contributed by atoms with Crippen molar-refractivity contribution in [2.45, 2.75) is 26.2 Å². The van der Waals surface area contributed by atoms with Gasteiger partial charge in [-0.1, -0.05) is 6.92 Å². The first-order valence-corrected chi connectivity index (χ1v) is 7.27. The Hall–Kier alpha value is -1.69. The highest BCUT2D eigenvalue weighted by molar-refractivity contribution is 5.58. The Labute approximate surface area is 119 Å². The topological polar surface area (TPSA) is 71.3 Å². The summed E-state index contributed by atoms with van der Waals surface area (Å²) in [7, 11) is 0. The van der Waals surface area contributed by atoms with Crippen LogP contribution in [0.2, 0.25) is 0 Å². The molecule has 1 fully saturated rings. The number of anilines is 1. The molecule has 0 aromatic carbocycles. The molecular formula is C14H22N4O2. The van der Waals surface area contributed by atoms with E-state index in [4.69, 9.17) is 0 Å². The molecule has 1 unspecified atom stereocenters. The summed E-state index contributed by atoms with van der Waals surface area (Å²) in [6.07, 6.45) is 4.81. The van der Waals surface area contributed by atoms with E-state index in [2.05, 4.69) is 22.1 Å². The number of nitro groups is 1. The van der Waals surface area contributed by atoms with Gasteiger partial charge in [-0.05, 0) is 60.3 Å². The second kappa shape index (κ2) is 7.19. The zero-order chi connectivity index (χ0) is 14.4. The standard InChI is InChI=1S/C14H22N4O2/c1-2-9-17(11-12-5-3-7-15-10-12)13-6-4-8-16-14(13)18(19)20/h4,6,8,12,15H,2-3,5,7,9-11H2,1H3. The van der Waals surface area contributed by atoms with Crippen molar-refractivity contribution in [3.05, 3.63) is 28.4 Å². The van der Waals surface area contributed by atoms with Crippen molar-refractivity contribution in [2.75, 3.05) is 31.1 Å². The van der Waals surface area contributed by atoms with Crippen molar-refractivity contribution in [3.8, 4) is 0 Å². The Kier molecular flexibility index (Phi) is 5.29. The number of pyridine rings is 1. The lowest BCUT2D eigenvalue weighted by molar-refractivity contribution is -0.388. The molecule has 1 N–H and O–H groups in total. The van der Waals surface area contributed by atoms with Crippen molar-refractivity contribution in [3.63, 3.8) is 0 Å². The van der Waals surface area contributed by atoms with Crippen LogP contribution in [0.15, 0.2) is 18.3 Å². The minimum absolute atomic E-state index is 0.0373. The van der Waals surface area contributed by atoms with Crippen LogP contribution < -0.4 is 10.2 Å². The summed E-state index contributed by atoms with van der Waals surface area (Å²) >= 11 is 0. The maximum absolute atomic E-state index is 11.1. The maximum Gasteiger partial charge on any atom is 0.387 e. The van der Waals surface area contributed by atoms with Crippen LogP contribution in [0.4, 0.5) is 11.5 Å². The van der Waals surface area contributed by atoms with Crippen LogP contribution in [0.25, 0.3) is 0 Å². The van der Waals surface area contributed by atoms with E-state index in [1.807, 2.05) is 0 Å². The van der Waals surface area contributed by atoms with Crippen molar-refractivity contribution < 1.29 is 4.92 Å². The number of hydrogen-bond donors (Lipinski definition) is 1. The second-order valence-corrected chi connectivity index (χ2v) is 5.26. The maximum atomic E-state index is 11.1. The summed E-state index contributed by atoms with van der Waals surface area (Å²) in [6.45, 7) is 5.84. The summed E-state index contributed by atoms with van der Waals surface area (Å²) in [5, 5.41) is 14.5. The number of hydrogen-bond acceptors (Lipinski definition) is 5. The van der Waals surface area contributed by atoms with E-state index in [-0.39, 0.29) is 5.82 Å². The first kappa shape index (κ1) is 14.7. The highest BCUT2D eigenvalue weighted by Gasteiger charge is 2.23. The molecule has 1 saturated heterocycles. The van der Waals surface area contributed by atoms with E-state index < -0.39 is 4.92 Å². The SMILES string of the molecule is CCCN(CC1CCCNC1)c1cccnc1[N+](=O)[O-]. The average molecular weight is 278 g/mol. The molecule has 1 aromatic heterocycles. The van der Waals surface area contributed by atoms with Crippen LogP contribution >= 0.6 is 0 Å². The Morgan fingerprint density at radius 1 is 1.60 bits per heavy atom. The molecule has 2 rings (SSSR count). The third-order valence-corrected chi connectivity index (χ3v) is 3.65. The highest BCUT2D eigenvalue weighted by atomic mass is 16.6. The summed E-state index contributed by atoms with van der Waals surface area (Å²) in [5.41, 5.74) is 0.643. The van der Waals surface area contributed by atoms with E-state index in [1.165, 1.54) is 19.0 Å². The van der Waals surface area contributed by atoms with Crippen molar-refractivity contribution in [1.29, 1.82) is 0 Å². The third-order valence-electron chi connectivity index (χ3n) is 3.65. The van der Waals surface area contributed by atoms with Gasteiger partial charge in [0.05, 0.1) is 0 Å². The lowest BCUT2D eigenvalue weighted by Crippen LogP contribution is -2.39. The lowest BCUT2D eigenvalue weighted by atomic mass is 9.99. The molecule has 0 spiro atoms. The Morgan fingerprint density at radius 3 is 3.10 bits per heavy atom. The second-order valence-electron chi connectivity index (χ2n) is 5.26.